The highest BCUT2D eigenvalue weighted by atomic mass is 32.2. The summed E-state index contributed by atoms with van der Waals surface area (Å²) in [6.07, 6.45) is 1.88. The van der Waals surface area contributed by atoms with Gasteiger partial charge in [-0.1, -0.05) is 6.07 Å². The highest BCUT2D eigenvalue weighted by molar-refractivity contribution is 7.98. The molecule has 0 aliphatic heterocycles. The van der Waals surface area contributed by atoms with E-state index in [1.54, 1.807) is 33.3 Å². The van der Waals surface area contributed by atoms with Gasteiger partial charge in [0.1, 0.15) is 0 Å². The number of carbonyl (C=O) groups is 1. The molecule has 94 valence electrons. The molecule has 0 amide bonds. The van der Waals surface area contributed by atoms with Crippen molar-refractivity contribution in [1.29, 1.82) is 0 Å². The zero-order valence-corrected chi connectivity index (χ0v) is 11.1. The summed E-state index contributed by atoms with van der Waals surface area (Å²) in [6, 6.07) is 3.50. The molecule has 1 N–H and O–H groups in total. The van der Waals surface area contributed by atoms with Crippen molar-refractivity contribution in [3.8, 4) is 11.5 Å². The Morgan fingerprint density at radius 2 is 2.00 bits per heavy atom. The summed E-state index contributed by atoms with van der Waals surface area (Å²) >= 11 is 1.45. The van der Waals surface area contributed by atoms with Crippen LogP contribution in [0.3, 0.4) is 0 Å². The number of rotatable bonds is 5. The molecular weight excluding hydrogens is 240 g/mol. The summed E-state index contributed by atoms with van der Waals surface area (Å²) in [4.78, 5) is 11.8. The molecule has 0 spiro atoms. The molecule has 0 saturated carbocycles. The minimum atomic E-state index is -0.854. The quantitative estimate of drug-likeness (QED) is 0.821. The van der Waals surface area contributed by atoms with Crippen LogP contribution in [0.4, 0.5) is 0 Å². The number of methoxy groups -OCH3 is 2. The number of carboxylic acid groups (broad SMARTS) is 1. The van der Waals surface area contributed by atoms with E-state index in [2.05, 4.69) is 0 Å². The van der Waals surface area contributed by atoms with E-state index in [1.807, 2.05) is 6.26 Å². The van der Waals surface area contributed by atoms with E-state index in [0.717, 1.165) is 10.5 Å². The van der Waals surface area contributed by atoms with Crippen molar-refractivity contribution in [2.45, 2.75) is 17.7 Å². The van der Waals surface area contributed by atoms with Crippen LogP contribution in [0.5, 0.6) is 11.5 Å². The van der Waals surface area contributed by atoms with Crippen LogP contribution in [-0.4, -0.2) is 31.6 Å². The van der Waals surface area contributed by atoms with Crippen molar-refractivity contribution in [3.63, 3.8) is 0 Å². The van der Waals surface area contributed by atoms with Crippen molar-refractivity contribution >= 4 is 17.7 Å². The fraction of sp³-hybridized carbons (Fsp3) is 0.417. The predicted octanol–water partition coefficient (Wildman–Crippen LogP) is 2.61. The predicted molar refractivity (Wildman–Crippen MR) is 67.4 cm³/mol. The summed E-state index contributed by atoms with van der Waals surface area (Å²) in [5.74, 6) is -0.228. The fourth-order valence-corrected chi connectivity index (χ4v) is 2.45. The number of carboxylic acids is 1. The molecule has 0 saturated heterocycles. The topological polar surface area (TPSA) is 55.8 Å². The molecule has 1 rings (SSSR count). The maximum atomic E-state index is 11.0. The van der Waals surface area contributed by atoms with Gasteiger partial charge in [0.25, 0.3) is 0 Å². The summed E-state index contributed by atoms with van der Waals surface area (Å²) in [5, 5.41) is 9.06. The van der Waals surface area contributed by atoms with E-state index in [9.17, 15) is 4.79 Å². The molecule has 0 aliphatic rings. The average molecular weight is 256 g/mol. The van der Waals surface area contributed by atoms with Crippen LogP contribution in [0.15, 0.2) is 17.0 Å². The van der Waals surface area contributed by atoms with E-state index in [0.29, 0.717) is 11.5 Å². The van der Waals surface area contributed by atoms with Crippen LogP contribution in [-0.2, 0) is 4.79 Å². The van der Waals surface area contributed by atoms with Gasteiger partial charge in [0, 0.05) is 0 Å². The lowest BCUT2D eigenvalue weighted by molar-refractivity contribution is -0.138. The Morgan fingerprint density at radius 3 is 2.41 bits per heavy atom. The molecule has 0 heterocycles. The van der Waals surface area contributed by atoms with Gasteiger partial charge in [0.2, 0.25) is 0 Å². The van der Waals surface area contributed by atoms with Gasteiger partial charge in [0.05, 0.1) is 25.0 Å². The second kappa shape index (κ2) is 5.82. The summed E-state index contributed by atoms with van der Waals surface area (Å²) in [6.45, 7) is 1.66. The van der Waals surface area contributed by atoms with Crippen LogP contribution in [0.1, 0.15) is 18.4 Å². The molecule has 1 aromatic rings. The molecule has 1 unspecified atom stereocenters. The third kappa shape index (κ3) is 2.66. The molecule has 4 nitrogen and oxygen atoms in total. The van der Waals surface area contributed by atoms with E-state index < -0.39 is 11.9 Å². The summed E-state index contributed by atoms with van der Waals surface area (Å²) in [7, 11) is 3.11. The molecule has 5 heteroatoms. The Bertz CT molecular complexity index is 417. The van der Waals surface area contributed by atoms with Crippen LogP contribution in [0.25, 0.3) is 0 Å². The van der Waals surface area contributed by atoms with Gasteiger partial charge >= 0.3 is 5.97 Å². The van der Waals surface area contributed by atoms with Crippen molar-refractivity contribution in [2.75, 3.05) is 20.5 Å². The van der Waals surface area contributed by atoms with Crippen LogP contribution in [0.2, 0.25) is 0 Å². The van der Waals surface area contributed by atoms with E-state index in [4.69, 9.17) is 14.6 Å². The lowest BCUT2D eigenvalue weighted by Crippen LogP contribution is -2.09. The second-order valence-corrected chi connectivity index (χ2v) is 4.30. The molecule has 0 bridgehead atoms. The van der Waals surface area contributed by atoms with Crippen molar-refractivity contribution in [1.82, 2.24) is 0 Å². The first kappa shape index (κ1) is 13.7. The average Bonchev–Trinajstić information content (AvgIpc) is 2.35. The highest BCUT2D eigenvalue weighted by Crippen LogP contribution is 2.41. The van der Waals surface area contributed by atoms with Crippen molar-refractivity contribution < 1.29 is 19.4 Å². The van der Waals surface area contributed by atoms with Gasteiger partial charge in [-0.15, -0.1) is 11.8 Å². The second-order valence-electron chi connectivity index (χ2n) is 3.48. The van der Waals surface area contributed by atoms with Gasteiger partial charge < -0.3 is 14.6 Å². The Balaban J connectivity index is 3.37. The van der Waals surface area contributed by atoms with Crippen LogP contribution < -0.4 is 9.47 Å². The molecule has 17 heavy (non-hydrogen) atoms. The molecular formula is C12H16O4S. The van der Waals surface area contributed by atoms with Crippen LogP contribution in [0, 0.1) is 0 Å². The largest absolute Gasteiger partial charge is 0.493 e. The fourth-order valence-electron chi connectivity index (χ4n) is 1.60. The normalized spacial score (nSPS) is 12.0. The minimum absolute atomic E-state index is 0.572. The SMILES string of the molecule is COc1ccc(C(C)C(=O)O)c(SC)c1OC. The molecule has 0 fully saturated rings. The van der Waals surface area contributed by atoms with Crippen LogP contribution >= 0.6 is 11.8 Å². The van der Waals surface area contributed by atoms with E-state index >= 15 is 0 Å². The molecule has 0 radical (unpaired) electrons. The number of thioether (sulfide) groups is 1. The molecule has 0 aromatic heterocycles. The smallest absolute Gasteiger partial charge is 0.310 e. The van der Waals surface area contributed by atoms with Gasteiger partial charge in [0.15, 0.2) is 11.5 Å². The third-order valence-corrected chi connectivity index (χ3v) is 3.40. The van der Waals surface area contributed by atoms with Gasteiger partial charge in [-0.05, 0) is 24.8 Å². The Kier molecular flexibility index (Phi) is 4.69. The first-order valence-electron chi connectivity index (χ1n) is 5.08. The summed E-state index contributed by atoms with van der Waals surface area (Å²) in [5.41, 5.74) is 0.739. The lowest BCUT2D eigenvalue weighted by atomic mass is 10.0. The standard InChI is InChI=1S/C12H16O4S/c1-7(12(13)14)8-5-6-9(15-2)10(16-3)11(8)17-4/h5-7H,1-4H3,(H,13,14). The zero-order valence-electron chi connectivity index (χ0n) is 10.3. The molecule has 0 aliphatic carbocycles. The third-order valence-electron chi connectivity index (χ3n) is 2.57. The Morgan fingerprint density at radius 1 is 1.35 bits per heavy atom. The minimum Gasteiger partial charge on any atom is -0.493 e. The monoisotopic (exact) mass is 256 g/mol. The first-order valence-corrected chi connectivity index (χ1v) is 6.30. The van der Waals surface area contributed by atoms with Gasteiger partial charge in [-0.3, -0.25) is 4.79 Å². The van der Waals surface area contributed by atoms with Crippen molar-refractivity contribution in [2.24, 2.45) is 0 Å². The maximum Gasteiger partial charge on any atom is 0.310 e. The molecule has 1 aromatic carbocycles. The molecule has 1 atom stereocenters. The number of aliphatic carboxylic acids is 1. The maximum absolute atomic E-state index is 11.0. The van der Waals surface area contributed by atoms with Gasteiger partial charge in [-0.2, -0.15) is 0 Å². The lowest BCUT2D eigenvalue weighted by Gasteiger charge is -2.17. The van der Waals surface area contributed by atoms with Gasteiger partial charge in [-0.25, -0.2) is 0 Å². The number of ether oxygens (including phenoxy) is 2. The number of benzene rings is 1. The number of hydrogen-bond donors (Lipinski definition) is 1. The Labute approximate surface area is 105 Å². The Hall–Kier alpha value is -1.36. The number of hydrogen-bond acceptors (Lipinski definition) is 4. The zero-order chi connectivity index (χ0) is 13.0. The van der Waals surface area contributed by atoms with E-state index in [-0.39, 0.29) is 0 Å². The van der Waals surface area contributed by atoms with E-state index in [1.165, 1.54) is 11.8 Å². The van der Waals surface area contributed by atoms with Crippen molar-refractivity contribution in [3.05, 3.63) is 17.7 Å². The highest BCUT2D eigenvalue weighted by Gasteiger charge is 2.22. The first-order chi connectivity index (χ1) is 8.06. The summed E-state index contributed by atoms with van der Waals surface area (Å²) < 4.78 is 10.5.